The minimum Gasteiger partial charge on any atom is -0.466 e. The van der Waals surface area contributed by atoms with Crippen LogP contribution >= 0.6 is 21.6 Å². The number of hydrogen-bond acceptors (Lipinski definition) is 16. The molecule has 0 bridgehead atoms. The first-order valence-electron chi connectivity index (χ1n) is 36.0. The third kappa shape index (κ3) is 40.8. The summed E-state index contributed by atoms with van der Waals surface area (Å²) in [4.78, 5) is 79.9. The third-order valence-electron chi connectivity index (χ3n) is 17.7. The van der Waals surface area contributed by atoms with Gasteiger partial charge in [0.05, 0.1) is 32.7 Å². The van der Waals surface area contributed by atoms with Gasteiger partial charge in [0.15, 0.2) is 0 Å². The van der Waals surface area contributed by atoms with Gasteiger partial charge in [0.25, 0.3) is 0 Å². The number of ether oxygens (including phenoxy) is 6. The van der Waals surface area contributed by atoms with Crippen molar-refractivity contribution < 1.29 is 57.2 Å². The van der Waals surface area contributed by atoms with Gasteiger partial charge in [-0.1, -0.05) is 189 Å². The van der Waals surface area contributed by atoms with Gasteiger partial charge < -0.3 is 38.2 Å². The summed E-state index contributed by atoms with van der Waals surface area (Å²) < 4.78 is 33.6. The molecule has 2 heterocycles. The Morgan fingerprint density at radius 2 is 0.756 bits per heavy atom. The number of carbonyl (C=O) groups is 6. The molecule has 16 heteroatoms. The van der Waals surface area contributed by atoms with E-state index in [2.05, 4.69) is 30.6 Å². The third-order valence-corrected chi connectivity index (χ3v) is 20.0. The summed E-state index contributed by atoms with van der Waals surface area (Å²) in [6.45, 7) is 14.6. The van der Waals surface area contributed by atoms with Crippen molar-refractivity contribution in [3.8, 4) is 11.5 Å². The van der Waals surface area contributed by atoms with Crippen molar-refractivity contribution in [2.24, 2.45) is 11.8 Å². The fraction of sp³-hybridized carbons (Fsp3) is 0.757. The molecule has 14 nitrogen and oxygen atoms in total. The second-order valence-electron chi connectivity index (χ2n) is 25.5. The van der Waals surface area contributed by atoms with Crippen LogP contribution in [0.3, 0.4) is 0 Å². The molecule has 1 atom stereocenters. The number of piperidine rings is 2. The summed E-state index contributed by atoms with van der Waals surface area (Å²) in [5.41, 5.74) is 1.66. The highest BCUT2D eigenvalue weighted by Gasteiger charge is 2.22. The lowest BCUT2D eigenvalue weighted by Crippen LogP contribution is -2.36. The smallest absolute Gasteiger partial charge is 0.311 e. The Kier molecular flexibility index (Phi) is 45.5. The molecule has 2 aromatic carbocycles. The largest absolute Gasteiger partial charge is 0.466 e. The molecule has 0 aromatic heterocycles. The van der Waals surface area contributed by atoms with E-state index in [0.29, 0.717) is 68.8 Å². The van der Waals surface area contributed by atoms with Crippen LogP contribution < -0.4 is 9.47 Å². The first-order valence-corrected chi connectivity index (χ1v) is 38.4. The van der Waals surface area contributed by atoms with Crippen LogP contribution in [-0.2, 0) is 60.6 Å². The van der Waals surface area contributed by atoms with Crippen LogP contribution in [0.5, 0.6) is 11.5 Å². The van der Waals surface area contributed by atoms with E-state index in [1.165, 1.54) is 64.2 Å². The van der Waals surface area contributed by atoms with E-state index >= 15 is 0 Å². The fourth-order valence-electron chi connectivity index (χ4n) is 11.8. The van der Waals surface area contributed by atoms with Gasteiger partial charge >= 0.3 is 35.8 Å². The van der Waals surface area contributed by atoms with Crippen LogP contribution in [0.1, 0.15) is 269 Å². The molecule has 1 unspecified atom stereocenters. The standard InChI is InChI=1S/C74H120N2O12S2/c1-4-7-10-12-14-22-28-55-83-69(77)31-24-18-15-19-26-33-71(79)87-67-39-35-64(36-40-67)60-73(81)84-56-47-62-43-49-75(50-44-62)53-58-89-90-59-54-76-51-45-63(46-52-76)48-57-85-74(82)61-65-37-41-68(42-38-65)88-72(80)34-27-21-16-20-25-32-70(78)86-66(29-9-6-3)30-23-17-13-11-8-5-2/h35-42,62-63,66H,4-34,43-61H2,1-3H3. The van der Waals surface area contributed by atoms with Gasteiger partial charge in [0, 0.05) is 50.3 Å². The Bertz CT molecular complexity index is 2180. The number of likely N-dealkylation sites (tertiary alicyclic amines) is 2. The number of rotatable bonds is 54. The Morgan fingerprint density at radius 3 is 1.19 bits per heavy atom. The predicted molar refractivity (Wildman–Crippen MR) is 367 cm³/mol. The van der Waals surface area contributed by atoms with Gasteiger partial charge in [-0.25, -0.2) is 0 Å². The van der Waals surface area contributed by atoms with Crippen LogP contribution in [-0.4, -0.2) is 122 Å². The Hall–Kier alpha value is -4.12. The normalized spacial score (nSPS) is 14.5. The van der Waals surface area contributed by atoms with E-state index in [0.717, 1.165) is 210 Å². The zero-order valence-corrected chi connectivity index (χ0v) is 57.9. The Morgan fingerprint density at radius 1 is 0.400 bits per heavy atom. The highest BCUT2D eigenvalue weighted by Crippen LogP contribution is 2.27. The maximum atomic E-state index is 12.7. The van der Waals surface area contributed by atoms with Gasteiger partial charge in [-0.15, -0.1) is 0 Å². The SMILES string of the molecule is CCCCCCCCCOC(=O)CCCCCCCC(=O)Oc1ccc(CC(=O)OCCC2CCN(CCSSCCN3CCC(CCOC(=O)Cc4ccc(OC(=O)CCCCCCCC(=O)OC(CCCC)CCCCCCCC)cc4)CC3)CC2)cc1. The number of benzene rings is 2. The number of unbranched alkanes of at least 4 members (excludes halogenated alkanes) is 20. The predicted octanol–water partition coefficient (Wildman–Crippen LogP) is 17.6. The molecule has 0 saturated carbocycles. The molecule has 2 aliphatic heterocycles. The van der Waals surface area contributed by atoms with Gasteiger partial charge in [-0.2, -0.15) is 0 Å². The molecule has 0 radical (unpaired) electrons. The molecule has 0 N–H and O–H groups in total. The fourth-order valence-corrected chi connectivity index (χ4v) is 13.9. The van der Waals surface area contributed by atoms with Gasteiger partial charge in [-0.3, -0.25) is 28.8 Å². The van der Waals surface area contributed by atoms with Crippen molar-refractivity contribution in [3.05, 3.63) is 59.7 Å². The first-order chi connectivity index (χ1) is 44.0. The number of carbonyl (C=O) groups excluding carboxylic acids is 6. The maximum absolute atomic E-state index is 12.7. The minimum atomic E-state index is -0.263. The number of hydrogen-bond donors (Lipinski definition) is 0. The Labute approximate surface area is 552 Å². The molecule has 2 aromatic rings. The maximum Gasteiger partial charge on any atom is 0.311 e. The lowest BCUT2D eigenvalue weighted by molar-refractivity contribution is -0.150. The van der Waals surface area contributed by atoms with Gasteiger partial charge in [0.2, 0.25) is 0 Å². The molecule has 2 aliphatic rings. The highest BCUT2D eigenvalue weighted by molar-refractivity contribution is 8.76. The monoisotopic (exact) mass is 1290 g/mol. The minimum absolute atomic E-state index is 0.0578. The molecule has 90 heavy (non-hydrogen) atoms. The van der Waals surface area contributed by atoms with Crippen LogP contribution in [0, 0.1) is 11.8 Å². The average molecular weight is 1290 g/mol. The quantitative estimate of drug-likeness (QED) is 0.0202. The van der Waals surface area contributed by atoms with Crippen molar-refractivity contribution in [3.63, 3.8) is 0 Å². The summed E-state index contributed by atoms with van der Waals surface area (Å²) in [6.07, 6.45) is 37.2. The summed E-state index contributed by atoms with van der Waals surface area (Å²) in [6, 6.07) is 14.2. The topological polar surface area (TPSA) is 164 Å². The molecule has 510 valence electrons. The van der Waals surface area contributed by atoms with E-state index in [-0.39, 0.29) is 54.8 Å². The van der Waals surface area contributed by atoms with Crippen molar-refractivity contribution in [2.75, 3.05) is 70.6 Å². The molecule has 2 fully saturated rings. The number of nitrogens with zero attached hydrogens (tertiary/aromatic N) is 2. The highest BCUT2D eigenvalue weighted by atomic mass is 33.1. The summed E-state index contributed by atoms with van der Waals surface area (Å²) >= 11 is 0. The van der Waals surface area contributed by atoms with Crippen molar-refractivity contribution in [1.82, 2.24) is 9.80 Å². The van der Waals surface area contributed by atoms with Crippen LogP contribution in [0.25, 0.3) is 0 Å². The summed E-state index contributed by atoms with van der Waals surface area (Å²) in [5.74, 6) is 3.17. The van der Waals surface area contributed by atoms with Gasteiger partial charge in [-0.05, 0) is 163 Å². The zero-order valence-electron chi connectivity index (χ0n) is 56.3. The lowest BCUT2D eigenvalue weighted by atomic mass is 9.94. The van der Waals surface area contributed by atoms with Crippen molar-refractivity contribution in [2.45, 2.75) is 277 Å². The van der Waals surface area contributed by atoms with E-state index in [9.17, 15) is 28.8 Å². The van der Waals surface area contributed by atoms with E-state index in [1.54, 1.807) is 24.3 Å². The molecular weight excluding hydrogens is 1170 g/mol. The zero-order chi connectivity index (χ0) is 64.3. The second-order valence-corrected chi connectivity index (χ2v) is 28.2. The van der Waals surface area contributed by atoms with Crippen LogP contribution in [0.4, 0.5) is 0 Å². The van der Waals surface area contributed by atoms with E-state index in [1.807, 2.05) is 45.9 Å². The summed E-state index contributed by atoms with van der Waals surface area (Å²) in [7, 11) is 3.95. The Balaban J connectivity index is 0.893. The average Bonchev–Trinajstić information content (AvgIpc) is 3.72. The molecular formula is C74H120N2O12S2. The van der Waals surface area contributed by atoms with E-state index < -0.39 is 0 Å². The lowest BCUT2D eigenvalue weighted by Gasteiger charge is -2.32. The van der Waals surface area contributed by atoms with Crippen LogP contribution in [0.15, 0.2) is 48.5 Å². The van der Waals surface area contributed by atoms with Crippen molar-refractivity contribution >= 4 is 57.4 Å². The van der Waals surface area contributed by atoms with E-state index in [4.69, 9.17) is 28.4 Å². The molecule has 0 amide bonds. The molecule has 0 spiro atoms. The first kappa shape index (κ1) is 78.3. The molecule has 2 saturated heterocycles. The number of esters is 6. The van der Waals surface area contributed by atoms with Gasteiger partial charge in [0.1, 0.15) is 17.6 Å². The molecule has 0 aliphatic carbocycles. The molecule has 4 rings (SSSR count). The van der Waals surface area contributed by atoms with Crippen LogP contribution in [0.2, 0.25) is 0 Å². The summed E-state index contributed by atoms with van der Waals surface area (Å²) in [5, 5.41) is 0. The second kappa shape index (κ2) is 52.3. The van der Waals surface area contributed by atoms with Crippen molar-refractivity contribution in [1.29, 1.82) is 0 Å².